The molecule has 1 aromatic carbocycles. The maximum Gasteiger partial charge on any atom is 0.337 e. The Labute approximate surface area is 165 Å². The smallest absolute Gasteiger partial charge is 0.337 e. The number of benzene rings is 1. The summed E-state index contributed by atoms with van der Waals surface area (Å²) in [7, 11) is 1.36. The number of imidazole rings is 1. The fraction of sp³-hybridized carbons (Fsp3) is 0.368. The Bertz CT molecular complexity index is 1090. The first-order chi connectivity index (χ1) is 13.5. The van der Waals surface area contributed by atoms with E-state index in [0.717, 1.165) is 29.9 Å². The van der Waals surface area contributed by atoms with E-state index in [-0.39, 0.29) is 11.7 Å². The number of esters is 1. The molecular formula is C19H19ClN4O4. The number of hydrogen-bond acceptors (Lipinski definition) is 6. The molecule has 1 fully saturated rings. The molecule has 3 heterocycles. The average molecular weight is 403 g/mol. The summed E-state index contributed by atoms with van der Waals surface area (Å²) in [4.78, 5) is 28.6. The summed E-state index contributed by atoms with van der Waals surface area (Å²) in [6, 6.07) is 6.61. The van der Waals surface area contributed by atoms with Gasteiger partial charge in [-0.25, -0.2) is 14.5 Å². The highest BCUT2D eigenvalue weighted by Gasteiger charge is 2.22. The van der Waals surface area contributed by atoms with E-state index in [0.29, 0.717) is 30.1 Å². The van der Waals surface area contributed by atoms with E-state index >= 15 is 0 Å². The first kappa shape index (κ1) is 18.6. The zero-order valence-corrected chi connectivity index (χ0v) is 16.1. The third-order valence-corrected chi connectivity index (χ3v) is 5.02. The molecule has 1 aliphatic heterocycles. The third kappa shape index (κ3) is 3.65. The lowest BCUT2D eigenvalue weighted by atomic mass is 10.1. The molecule has 0 bridgehead atoms. The number of ether oxygens (including phenoxy) is 2. The van der Waals surface area contributed by atoms with Gasteiger partial charge in [-0.3, -0.25) is 4.79 Å². The van der Waals surface area contributed by atoms with Gasteiger partial charge < -0.3 is 14.0 Å². The maximum atomic E-state index is 12.0. The van der Waals surface area contributed by atoms with Gasteiger partial charge in [0, 0.05) is 19.1 Å². The number of halogens is 1. The molecule has 2 aromatic heterocycles. The van der Waals surface area contributed by atoms with Crippen molar-refractivity contribution in [1.82, 2.24) is 19.3 Å². The van der Waals surface area contributed by atoms with E-state index in [1.165, 1.54) is 24.1 Å². The predicted octanol–water partition coefficient (Wildman–Crippen LogP) is 2.06. The minimum atomic E-state index is -0.395. The first-order valence-corrected chi connectivity index (χ1v) is 9.34. The number of nitrogens with zero attached hydrogens (tertiary/aromatic N) is 4. The molecule has 9 heteroatoms. The van der Waals surface area contributed by atoms with Gasteiger partial charge in [-0.15, -0.1) is 0 Å². The minimum Gasteiger partial charge on any atom is -0.465 e. The van der Waals surface area contributed by atoms with E-state index in [2.05, 4.69) is 5.10 Å². The summed E-state index contributed by atoms with van der Waals surface area (Å²) in [6.07, 6.45) is 3.04. The zero-order chi connectivity index (χ0) is 19.7. The fourth-order valence-corrected chi connectivity index (χ4v) is 3.37. The summed E-state index contributed by atoms with van der Waals surface area (Å²) in [5.41, 5.74) is 1.82. The van der Waals surface area contributed by atoms with Crippen molar-refractivity contribution >= 4 is 28.6 Å². The van der Waals surface area contributed by atoms with Gasteiger partial charge in [-0.2, -0.15) is 5.10 Å². The van der Waals surface area contributed by atoms with Crippen LogP contribution in [0.2, 0.25) is 5.02 Å². The van der Waals surface area contributed by atoms with Crippen LogP contribution in [0.15, 0.2) is 35.3 Å². The van der Waals surface area contributed by atoms with Gasteiger partial charge in [0.05, 0.1) is 54.1 Å². The SMILES string of the molecule is COC(=O)c1ccc2nc(CCn3ncc(Cl)cc3=O)n(C[C@@H]3CCO3)c2c1. The van der Waals surface area contributed by atoms with E-state index in [1.807, 2.05) is 4.57 Å². The van der Waals surface area contributed by atoms with Crippen molar-refractivity contribution in [2.45, 2.75) is 32.0 Å². The number of carbonyl (C=O) groups excluding carboxylic acids is 1. The molecule has 1 aliphatic rings. The molecule has 0 saturated carbocycles. The average Bonchev–Trinajstić information content (AvgIpc) is 2.99. The Balaban J connectivity index is 1.68. The van der Waals surface area contributed by atoms with Crippen molar-refractivity contribution in [1.29, 1.82) is 0 Å². The molecule has 0 aliphatic carbocycles. The van der Waals surface area contributed by atoms with Crippen molar-refractivity contribution in [3.63, 3.8) is 0 Å². The summed E-state index contributed by atoms with van der Waals surface area (Å²) < 4.78 is 13.8. The van der Waals surface area contributed by atoms with E-state index < -0.39 is 5.97 Å². The minimum absolute atomic E-state index is 0.120. The molecule has 0 unspecified atom stereocenters. The number of hydrogen-bond donors (Lipinski definition) is 0. The number of carbonyl (C=O) groups is 1. The van der Waals surface area contributed by atoms with Crippen LogP contribution in [0.5, 0.6) is 0 Å². The molecule has 0 radical (unpaired) electrons. The summed E-state index contributed by atoms with van der Waals surface area (Å²) in [5.74, 6) is 0.407. The predicted molar refractivity (Wildman–Crippen MR) is 103 cm³/mol. The van der Waals surface area contributed by atoms with Gasteiger partial charge in [-0.1, -0.05) is 11.6 Å². The molecule has 8 nitrogen and oxygen atoms in total. The summed E-state index contributed by atoms with van der Waals surface area (Å²) in [6.45, 7) is 1.76. The molecule has 0 amide bonds. The van der Waals surface area contributed by atoms with Crippen molar-refractivity contribution in [3.8, 4) is 0 Å². The van der Waals surface area contributed by atoms with Gasteiger partial charge >= 0.3 is 5.97 Å². The van der Waals surface area contributed by atoms with Crippen molar-refractivity contribution in [2.24, 2.45) is 0 Å². The number of methoxy groups -OCH3 is 1. The largest absolute Gasteiger partial charge is 0.465 e. The van der Waals surface area contributed by atoms with Crippen LogP contribution < -0.4 is 5.56 Å². The normalized spacial score (nSPS) is 16.1. The van der Waals surface area contributed by atoms with Crippen LogP contribution in [0, 0.1) is 0 Å². The fourth-order valence-electron chi connectivity index (χ4n) is 3.23. The second-order valence-corrected chi connectivity index (χ2v) is 7.04. The van der Waals surface area contributed by atoms with Crippen LogP contribution in [0.25, 0.3) is 11.0 Å². The van der Waals surface area contributed by atoms with Crippen molar-refractivity contribution in [2.75, 3.05) is 13.7 Å². The monoisotopic (exact) mass is 402 g/mol. The number of fused-ring (bicyclic) bond motifs is 1. The molecule has 1 atom stereocenters. The third-order valence-electron chi connectivity index (χ3n) is 4.81. The molecule has 146 valence electrons. The summed E-state index contributed by atoms with van der Waals surface area (Å²) >= 11 is 5.80. The van der Waals surface area contributed by atoms with Gasteiger partial charge in [-0.05, 0) is 24.6 Å². The van der Waals surface area contributed by atoms with Crippen LogP contribution in [-0.2, 0) is 29.0 Å². The Kier molecular flexibility index (Phi) is 5.15. The molecule has 3 aromatic rings. The van der Waals surface area contributed by atoms with Crippen LogP contribution >= 0.6 is 11.6 Å². The lowest BCUT2D eigenvalue weighted by Crippen LogP contribution is -2.32. The van der Waals surface area contributed by atoms with Gasteiger partial charge in [0.2, 0.25) is 0 Å². The van der Waals surface area contributed by atoms with Crippen LogP contribution in [0.4, 0.5) is 0 Å². The molecule has 28 heavy (non-hydrogen) atoms. The van der Waals surface area contributed by atoms with Crippen molar-refractivity contribution in [3.05, 3.63) is 57.2 Å². The van der Waals surface area contributed by atoms with Crippen molar-refractivity contribution < 1.29 is 14.3 Å². The zero-order valence-electron chi connectivity index (χ0n) is 15.3. The standard InChI is InChI=1S/C19H19ClN4O4/c1-27-19(26)12-2-3-15-16(8-12)23(11-14-5-7-28-14)17(22-15)4-6-24-18(25)9-13(20)10-21-24/h2-3,8-10,14H,4-7,11H2,1H3/t14-/m0/s1. The van der Waals surface area contributed by atoms with Gasteiger partial charge in [0.25, 0.3) is 5.56 Å². The second kappa shape index (κ2) is 7.73. The van der Waals surface area contributed by atoms with Gasteiger partial charge in [0.15, 0.2) is 0 Å². The Hall–Kier alpha value is -2.71. The van der Waals surface area contributed by atoms with E-state index in [9.17, 15) is 9.59 Å². The Morgan fingerprint density at radius 2 is 2.21 bits per heavy atom. The number of aryl methyl sites for hydroxylation is 2. The highest BCUT2D eigenvalue weighted by atomic mass is 35.5. The lowest BCUT2D eigenvalue weighted by molar-refractivity contribution is -0.0590. The molecular weight excluding hydrogens is 384 g/mol. The number of rotatable bonds is 6. The highest BCUT2D eigenvalue weighted by Crippen LogP contribution is 2.23. The quantitative estimate of drug-likeness (QED) is 0.586. The molecule has 0 N–H and O–H groups in total. The lowest BCUT2D eigenvalue weighted by Gasteiger charge is -2.27. The molecule has 4 rings (SSSR count). The van der Waals surface area contributed by atoms with Crippen LogP contribution in [-0.4, -0.2) is 45.1 Å². The first-order valence-electron chi connectivity index (χ1n) is 8.97. The van der Waals surface area contributed by atoms with E-state index in [1.54, 1.807) is 18.2 Å². The number of aromatic nitrogens is 4. The topological polar surface area (TPSA) is 88.2 Å². The Morgan fingerprint density at radius 3 is 2.89 bits per heavy atom. The van der Waals surface area contributed by atoms with Crippen LogP contribution in [0.3, 0.4) is 0 Å². The highest BCUT2D eigenvalue weighted by molar-refractivity contribution is 6.30. The van der Waals surface area contributed by atoms with E-state index in [4.69, 9.17) is 26.1 Å². The van der Waals surface area contributed by atoms with Gasteiger partial charge in [0.1, 0.15) is 5.82 Å². The Morgan fingerprint density at radius 1 is 1.39 bits per heavy atom. The molecule has 0 spiro atoms. The second-order valence-electron chi connectivity index (χ2n) is 6.60. The summed E-state index contributed by atoms with van der Waals surface area (Å²) in [5, 5.41) is 4.37. The molecule has 1 saturated heterocycles. The maximum absolute atomic E-state index is 12.0. The van der Waals surface area contributed by atoms with Crippen LogP contribution in [0.1, 0.15) is 22.6 Å².